The summed E-state index contributed by atoms with van der Waals surface area (Å²) in [5, 5.41) is 5.50. The van der Waals surface area contributed by atoms with Crippen molar-refractivity contribution in [1.29, 1.82) is 0 Å². The molecule has 0 radical (unpaired) electrons. The van der Waals surface area contributed by atoms with Gasteiger partial charge in [0.1, 0.15) is 10.7 Å². The van der Waals surface area contributed by atoms with E-state index in [0.29, 0.717) is 22.4 Å². The highest BCUT2D eigenvalue weighted by molar-refractivity contribution is 6.49. The van der Waals surface area contributed by atoms with Gasteiger partial charge in [-0.05, 0) is 30.7 Å². The van der Waals surface area contributed by atoms with Crippen LogP contribution >= 0.6 is 11.6 Å². The molecule has 0 spiro atoms. The van der Waals surface area contributed by atoms with Crippen LogP contribution in [-0.4, -0.2) is 23.7 Å². The molecule has 2 N–H and O–H groups in total. The van der Waals surface area contributed by atoms with E-state index in [4.69, 9.17) is 11.6 Å². The van der Waals surface area contributed by atoms with Gasteiger partial charge in [0, 0.05) is 41.3 Å². The summed E-state index contributed by atoms with van der Waals surface area (Å²) in [6.07, 6.45) is 4.75. The molecule has 0 aromatic heterocycles. The molecule has 1 amide bonds. The van der Waals surface area contributed by atoms with Crippen LogP contribution in [0.3, 0.4) is 0 Å². The number of benzene rings is 2. The van der Waals surface area contributed by atoms with E-state index >= 15 is 0 Å². The zero-order valence-electron chi connectivity index (χ0n) is 16.8. The maximum atomic E-state index is 12.7. The number of carbonyl (C=O) groups is 3. The second-order valence-corrected chi connectivity index (χ2v) is 7.02. The third-order valence-electron chi connectivity index (χ3n) is 4.53. The van der Waals surface area contributed by atoms with E-state index < -0.39 is 0 Å². The second-order valence-electron chi connectivity index (χ2n) is 6.65. The Bertz CT molecular complexity index is 1140. The number of halogens is 1. The predicted molar refractivity (Wildman–Crippen MR) is 121 cm³/mol. The third-order valence-corrected chi connectivity index (χ3v) is 4.89. The monoisotopic (exact) mass is 433 g/mol. The predicted octanol–water partition coefficient (Wildman–Crippen LogP) is 4.15. The molecule has 3 rings (SSSR count). The van der Waals surface area contributed by atoms with Gasteiger partial charge in [-0.25, -0.2) is 0 Å². The molecule has 0 bridgehead atoms. The molecule has 0 atom stereocenters. The molecule has 156 valence electrons. The molecule has 0 heterocycles. The van der Waals surface area contributed by atoms with Gasteiger partial charge in [0.05, 0.1) is 0 Å². The number of nitrogens with one attached hydrogen (secondary N) is 2. The Kier molecular flexibility index (Phi) is 6.95. The lowest BCUT2D eigenvalue weighted by Crippen LogP contribution is -2.28. The van der Waals surface area contributed by atoms with Gasteiger partial charge in [0.25, 0.3) is 5.91 Å². The first-order valence-corrected chi connectivity index (χ1v) is 9.85. The molecule has 0 saturated carbocycles. The van der Waals surface area contributed by atoms with Crippen LogP contribution < -0.4 is 10.6 Å². The van der Waals surface area contributed by atoms with E-state index in [-0.39, 0.29) is 34.7 Å². The maximum absolute atomic E-state index is 12.7. The van der Waals surface area contributed by atoms with Gasteiger partial charge in [0.15, 0.2) is 0 Å². The van der Waals surface area contributed by atoms with Gasteiger partial charge in [-0.3, -0.25) is 19.4 Å². The average Bonchev–Trinajstić information content (AvgIpc) is 2.78. The number of ketones is 2. The summed E-state index contributed by atoms with van der Waals surface area (Å²) in [6, 6.07) is 13.4. The number of rotatable bonds is 7. The largest absolute Gasteiger partial charge is 0.376 e. The Hall–Kier alpha value is -3.77. The van der Waals surface area contributed by atoms with E-state index in [1.54, 1.807) is 67.7 Å². The van der Waals surface area contributed by atoms with Crippen molar-refractivity contribution >= 4 is 35.3 Å². The van der Waals surface area contributed by atoms with E-state index in [1.807, 2.05) is 0 Å². The van der Waals surface area contributed by atoms with Crippen LogP contribution in [0.2, 0.25) is 0 Å². The fourth-order valence-electron chi connectivity index (χ4n) is 2.95. The van der Waals surface area contributed by atoms with Crippen molar-refractivity contribution in [2.75, 3.05) is 0 Å². The van der Waals surface area contributed by atoms with E-state index in [9.17, 15) is 14.4 Å². The summed E-state index contributed by atoms with van der Waals surface area (Å²) in [5.41, 5.74) is 2.38. The molecule has 1 aliphatic rings. The number of fused-ring (bicyclic) bond motifs is 1. The van der Waals surface area contributed by atoms with Crippen molar-refractivity contribution in [3.63, 3.8) is 0 Å². The molecule has 0 fully saturated rings. The van der Waals surface area contributed by atoms with Crippen LogP contribution in [0.15, 0.2) is 88.8 Å². The summed E-state index contributed by atoms with van der Waals surface area (Å²) in [5.74, 6) is -1.01. The van der Waals surface area contributed by atoms with Crippen molar-refractivity contribution in [3.8, 4) is 0 Å². The lowest BCUT2D eigenvalue weighted by molar-refractivity contribution is 0.0966. The number of hydrogen-bond acceptors (Lipinski definition) is 5. The van der Waals surface area contributed by atoms with Crippen LogP contribution in [0, 0.1) is 0 Å². The number of allylic oxidation sites excluding steroid dienone is 3. The van der Waals surface area contributed by atoms with E-state index in [2.05, 4.69) is 22.2 Å². The van der Waals surface area contributed by atoms with Gasteiger partial charge in [-0.2, -0.15) is 0 Å². The number of aliphatic imine (C=N–C) groups is 1. The number of carbonyl (C=O) groups excluding carboxylic acids is 3. The maximum Gasteiger partial charge on any atom is 0.255 e. The highest BCUT2D eigenvalue weighted by atomic mass is 35.5. The van der Waals surface area contributed by atoms with Crippen LogP contribution in [0.4, 0.5) is 0 Å². The Morgan fingerprint density at radius 2 is 1.71 bits per heavy atom. The SMILES string of the molecule is C=C(/C=C\N=CC)NC(=O)c1ccc(CNC2=C(Cl)C(=O)c3ccccc3C2=O)cc1. The first-order chi connectivity index (χ1) is 14.9. The van der Waals surface area contributed by atoms with Gasteiger partial charge in [0.2, 0.25) is 11.6 Å². The molecular weight excluding hydrogens is 414 g/mol. The van der Waals surface area contributed by atoms with Crippen molar-refractivity contribution in [2.24, 2.45) is 4.99 Å². The lowest BCUT2D eigenvalue weighted by Gasteiger charge is -2.19. The van der Waals surface area contributed by atoms with E-state index in [0.717, 1.165) is 5.56 Å². The summed E-state index contributed by atoms with van der Waals surface area (Å²) in [4.78, 5) is 41.3. The molecule has 0 saturated heterocycles. The topological polar surface area (TPSA) is 87.6 Å². The molecular formula is C24H20ClN3O3. The molecule has 7 heteroatoms. The van der Waals surface area contributed by atoms with Crippen LogP contribution in [0.25, 0.3) is 0 Å². The van der Waals surface area contributed by atoms with E-state index in [1.165, 1.54) is 6.20 Å². The van der Waals surface area contributed by atoms with Crippen LogP contribution in [0.1, 0.15) is 43.6 Å². The Balaban J connectivity index is 1.65. The highest BCUT2D eigenvalue weighted by Gasteiger charge is 2.30. The highest BCUT2D eigenvalue weighted by Crippen LogP contribution is 2.27. The van der Waals surface area contributed by atoms with Crippen LogP contribution in [0.5, 0.6) is 0 Å². The lowest BCUT2D eigenvalue weighted by atomic mass is 9.92. The van der Waals surface area contributed by atoms with Gasteiger partial charge in [-0.15, -0.1) is 0 Å². The molecule has 31 heavy (non-hydrogen) atoms. The Morgan fingerprint density at radius 1 is 1.06 bits per heavy atom. The van der Waals surface area contributed by atoms with Crippen molar-refractivity contribution < 1.29 is 14.4 Å². The molecule has 2 aromatic carbocycles. The molecule has 0 aliphatic heterocycles. The second kappa shape index (κ2) is 9.82. The minimum atomic E-state index is -0.384. The minimum absolute atomic E-state index is 0.0741. The van der Waals surface area contributed by atoms with Crippen molar-refractivity contribution in [3.05, 3.63) is 106 Å². The zero-order valence-corrected chi connectivity index (χ0v) is 17.6. The summed E-state index contributed by atoms with van der Waals surface area (Å²) in [7, 11) is 0. The Morgan fingerprint density at radius 3 is 2.35 bits per heavy atom. The first kappa shape index (κ1) is 21.9. The summed E-state index contributed by atoms with van der Waals surface area (Å²) >= 11 is 6.15. The van der Waals surface area contributed by atoms with Gasteiger partial charge >= 0.3 is 0 Å². The molecule has 6 nitrogen and oxygen atoms in total. The van der Waals surface area contributed by atoms with Crippen molar-refractivity contribution in [1.82, 2.24) is 10.6 Å². The molecule has 1 aliphatic carbocycles. The first-order valence-electron chi connectivity index (χ1n) is 9.48. The summed E-state index contributed by atoms with van der Waals surface area (Å²) < 4.78 is 0. The number of hydrogen-bond donors (Lipinski definition) is 2. The number of nitrogens with zero attached hydrogens (tertiary/aromatic N) is 1. The normalized spacial score (nSPS) is 13.6. The average molecular weight is 434 g/mol. The quantitative estimate of drug-likeness (QED) is 0.507. The minimum Gasteiger partial charge on any atom is -0.376 e. The fourth-order valence-corrected chi connectivity index (χ4v) is 3.20. The van der Waals surface area contributed by atoms with Gasteiger partial charge in [-0.1, -0.05) is 54.6 Å². The Labute approximate surface area is 185 Å². The number of amides is 1. The summed E-state index contributed by atoms with van der Waals surface area (Å²) in [6.45, 7) is 5.80. The standard InChI is InChI=1S/C24H20ClN3O3/c1-3-26-13-12-15(2)28-24(31)17-10-8-16(9-11-17)14-27-21-20(25)22(29)18-6-4-5-7-19(18)23(21)30/h3-13,27H,2,14H2,1H3,(H,28,31)/b13-12-,26-3?. The van der Waals surface area contributed by atoms with Gasteiger partial charge < -0.3 is 10.6 Å². The van der Waals surface area contributed by atoms with Crippen LogP contribution in [-0.2, 0) is 6.54 Å². The smallest absolute Gasteiger partial charge is 0.255 e. The van der Waals surface area contributed by atoms with Crippen molar-refractivity contribution in [2.45, 2.75) is 13.5 Å². The molecule has 0 unspecified atom stereocenters. The zero-order chi connectivity index (χ0) is 22.4. The fraction of sp³-hybridized carbons (Fsp3) is 0.0833. The molecule has 2 aromatic rings. The third kappa shape index (κ3) is 5.05. The number of Topliss-reactive ketones (excluding diaryl/α,β-unsaturated/α-hetero) is 2.